The van der Waals surface area contributed by atoms with Crippen LogP contribution in [0.2, 0.25) is 0 Å². The van der Waals surface area contributed by atoms with Crippen LogP contribution in [0.4, 0.5) is 13.2 Å². The number of alkyl halides is 3. The van der Waals surface area contributed by atoms with Crippen LogP contribution in [0, 0.1) is 11.3 Å². The fourth-order valence-electron chi connectivity index (χ4n) is 6.97. The van der Waals surface area contributed by atoms with Gasteiger partial charge in [-0.05, 0) is 60.4 Å². The molecular formula is C24H28B2F3N3O2. The number of nitrogens with zero attached hydrogens (tertiary/aromatic N) is 2. The van der Waals surface area contributed by atoms with E-state index in [4.69, 9.17) is 20.2 Å². The van der Waals surface area contributed by atoms with Gasteiger partial charge in [-0.2, -0.15) is 13.2 Å². The van der Waals surface area contributed by atoms with Gasteiger partial charge >= 0.3 is 6.18 Å². The van der Waals surface area contributed by atoms with Crippen LogP contribution in [0.1, 0.15) is 42.9 Å². The van der Waals surface area contributed by atoms with Crippen LogP contribution in [0.3, 0.4) is 0 Å². The molecule has 0 saturated heterocycles. The van der Waals surface area contributed by atoms with Crippen molar-refractivity contribution >= 4 is 21.7 Å². The first-order valence-corrected chi connectivity index (χ1v) is 11.7. The minimum atomic E-state index is -4.46. The van der Waals surface area contributed by atoms with Crippen molar-refractivity contribution in [3.05, 3.63) is 53.3 Å². The molecule has 34 heavy (non-hydrogen) atoms. The molecule has 2 aromatic rings. The van der Waals surface area contributed by atoms with Gasteiger partial charge in [-0.1, -0.05) is 19.1 Å². The molecule has 1 aliphatic heterocycles. The zero-order valence-electron chi connectivity index (χ0n) is 19.9. The number of hydrogen-bond donors (Lipinski definition) is 1. The Labute approximate surface area is 199 Å². The third-order valence-corrected chi connectivity index (χ3v) is 8.26. The number of hydrogen-bond acceptors (Lipinski definition) is 5. The molecular weight excluding hydrogens is 441 g/mol. The normalized spacial score (nSPS) is 32.0. The first-order chi connectivity index (χ1) is 15.9. The maximum atomic E-state index is 13.3. The van der Waals surface area contributed by atoms with E-state index in [0.717, 1.165) is 49.1 Å². The quantitative estimate of drug-likeness (QED) is 0.688. The van der Waals surface area contributed by atoms with E-state index < -0.39 is 22.7 Å². The number of nitrogens with two attached hydrogens (primary N) is 1. The Hall–Kier alpha value is -2.48. The molecule has 1 saturated carbocycles. The van der Waals surface area contributed by atoms with Crippen molar-refractivity contribution in [3.63, 3.8) is 0 Å². The average Bonchev–Trinajstić information content (AvgIpc) is 3.17. The molecule has 5 nitrogen and oxygen atoms in total. The monoisotopic (exact) mass is 469 g/mol. The lowest BCUT2D eigenvalue weighted by Crippen LogP contribution is -2.60. The SMILES string of the molecule is BC1(B)OC(N)=N[C@]12c1cc(-c3cncc(C(F)(F)F)c3)ccc1C[C@@]21CC[C@H](OC)[C@@H](C)C1. The number of fused-ring (bicyclic) bond motifs is 3. The summed E-state index contributed by atoms with van der Waals surface area (Å²) in [7, 11) is 5.78. The molecule has 2 aliphatic carbocycles. The largest absolute Gasteiger partial charge is 0.475 e. The lowest BCUT2D eigenvalue weighted by Gasteiger charge is -2.53. The highest BCUT2D eigenvalue weighted by Gasteiger charge is 2.68. The van der Waals surface area contributed by atoms with Gasteiger partial charge in [0.05, 0.1) is 17.1 Å². The fraction of sp³-hybridized carbons (Fsp3) is 0.500. The highest BCUT2D eigenvalue weighted by Crippen LogP contribution is 2.65. The Kier molecular flexibility index (Phi) is 5.14. The number of ether oxygens (including phenoxy) is 2. The number of halogens is 3. The van der Waals surface area contributed by atoms with E-state index in [9.17, 15) is 13.2 Å². The van der Waals surface area contributed by atoms with Gasteiger partial charge in [0.1, 0.15) is 5.54 Å². The molecule has 0 unspecified atom stereocenters. The van der Waals surface area contributed by atoms with E-state index >= 15 is 0 Å². The van der Waals surface area contributed by atoms with Crippen LogP contribution >= 0.6 is 0 Å². The van der Waals surface area contributed by atoms with Gasteiger partial charge in [0.25, 0.3) is 6.02 Å². The maximum absolute atomic E-state index is 13.3. The molecule has 1 aromatic heterocycles. The second-order valence-electron chi connectivity index (χ2n) is 10.6. The maximum Gasteiger partial charge on any atom is 0.417 e. The van der Waals surface area contributed by atoms with E-state index in [-0.39, 0.29) is 17.5 Å². The molecule has 4 atom stereocenters. The number of aliphatic imine (C=N–C) groups is 1. The van der Waals surface area contributed by atoms with Crippen LogP contribution in [0.15, 0.2) is 41.7 Å². The van der Waals surface area contributed by atoms with Crippen LogP contribution in [0.25, 0.3) is 11.1 Å². The van der Waals surface area contributed by atoms with Gasteiger partial charge in [0.2, 0.25) is 0 Å². The molecule has 178 valence electrons. The first kappa shape index (κ1) is 23.3. The standard InChI is InChI=1S/C24H28B2F3N3O2/c1-13-9-21(6-5-19(13)33-2)10-15-4-3-14(16-7-17(12-31-11-16)23(27,28)29)8-18(15)22(21)24(25,26)34-20(30)32-22/h3-4,7-8,11-13,19H,5-6,9-10,25-26H2,1-2H3,(H2,30,32)/t13-,19-,21-,22-/m0/s1. The lowest BCUT2D eigenvalue weighted by atomic mass is 9.44. The van der Waals surface area contributed by atoms with E-state index in [1.165, 1.54) is 6.20 Å². The van der Waals surface area contributed by atoms with Crippen LogP contribution in [-0.2, 0) is 27.6 Å². The topological polar surface area (TPSA) is 69.7 Å². The molecule has 3 aliphatic rings. The number of benzene rings is 1. The predicted molar refractivity (Wildman–Crippen MR) is 129 cm³/mol. The van der Waals surface area contributed by atoms with Gasteiger partial charge in [-0.15, -0.1) is 0 Å². The molecule has 0 radical (unpaired) electrons. The Bertz CT molecular complexity index is 1170. The second kappa shape index (κ2) is 7.51. The van der Waals surface area contributed by atoms with Crippen molar-refractivity contribution in [1.82, 2.24) is 4.98 Å². The molecule has 1 aromatic carbocycles. The molecule has 0 amide bonds. The average molecular weight is 469 g/mol. The van der Waals surface area contributed by atoms with Crippen molar-refractivity contribution in [1.29, 1.82) is 0 Å². The number of rotatable bonds is 2. The van der Waals surface area contributed by atoms with Gasteiger partial charge in [-0.25, -0.2) is 4.99 Å². The van der Waals surface area contributed by atoms with E-state index in [1.807, 2.05) is 33.9 Å². The third kappa shape index (κ3) is 3.21. The Morgan fingerprint density at radius 1 is 1.18 bits per heavy atom. The Morgan fingerprint density at radius 2 is 1.94 bits per heavy atom. The van der Waals surface area contributed by atoms with Crippen molar-refractivity contribution in [2.24, 2.45) is 22.1 Å². The molecule has 1 fully saturated rings. The third-order valence-electron chi connectivity index (χ3n) is 8.26. The van der Waals surface area contributed by atoms with Crippen LogP contribution in [0.5, 0.6) is 0 Å². The van der Waals surface area contributed by atoms with Gasteiger partial charge < -0.3 is 15.2 Å². The summed E-state index contributed by atoms with van der Waals surface area (Å²) in [4.78, 5) is 8.86. The first-order valence-electron chi connectivity index (χ1n) is 11.7. The Morgan fingerprint density at radius 3 is 2.56 bits per heavy atom. The molecule has 2 spiro atoms. The summed E-state index contributed by atoms with van der Waals surface area (Å²) < 4.78 is 51.8. The summed E-state index contributed by atoms with van der Waals surface area (Å²) in [5.74, 6) is 0.324. The number of aromatic nitrogens is 1. The van der Waals surface area contributed by atoms with Crippen molar-refractivity contribution in [2.45, 2.75) is 55.8 Å². The minimum Gasteiger partial charge on any atom is -0.475 e. The molecule has 5 rings (SSSR count). The zero-order chi connectivity index (χ0) is 24.5. The van der Waals surface area contributed by atoms with Crippen LogP contribution < -0.4 is 5.73 Å². The second-order valence-corrected chi connectivity index (χ2v) is 10.6. The zero-order valence-corrected chi connectivity index (χ0v) is 19.9. The predicted octanol–water partition coefficient (Wildman–Crippen LogP) is 2.61. The van der Waals surface area contributed by atoms with Gasteiger partial charge in [-0.3, -0.25) is 4.98 Å². The van der Waals surface area contributed by atoms with E-state index in [0.29, 0.717) is 17.0 Å². The highest BCUT2D eigenvalue weighted by atomic mass is 19.4. The van der Waals surface area contributed by atoms with Crippen molar-refractivity contribution in [2.75, 3.05) is 7.11 Å². The number of methoxy groups -OCH3 is 1. The molecule has 0 bridgehead atoms. The number of pyridine rings is 1. The summed E-state index contributed by atoms with van der Waals surface area (Å²) in [5.41, 5.74) is 7.66. The molecule has 10 heteroatoms. The summed E-state index contributed by atoms with van der Waals surface area (Å²) >= 11 is 0. The smallest absolute Gasteiger partial charge is 0.417 e. The summed E-state index contributed by atoms with van der Waals surface area (Å²) in [5, 5.41) is -0.716. The van der Waals surface area contributed by atoms with E-state index in [1.54, 1.807) is 7.11 Å². The molecule has 2 heterocycles. The summed E-state index contributed by atoms with van der Waals surface area (Å²) in [6, 6.07) is 7.18. The Balaban J connectivity index is 1.67. The molecule has 2 N–H and O–H groups in total. The van der Waals surface area contributed by atoms with E-state index in [2.05, 4.69) is 11.9 Å². The van der Waals surface area contributed by atoms with Gasteiger partial charge in [0.15, 0.2) is 15.7 Å². The highest BCUT2D eigenvalue weighted by molar-refractivity contribution is 6.41. The van der Waals surface area contributed by atoms with Crippen molar-refractivity contribution in [3.8, 4) is 11.1 Å². The van der Waals surface area contributed by atoms with Crippen molar-refractivity contribution < 1.29 is 22.6 Å². The number of amidine groups is 1. The summed E-state index contributed by atoms with van der Waals surface area (Å²) in [6.45, 7) is 2.21. The van der Waals surface area contributed by atoms with Gasteiger partial charge in [0, 0.05) is 30.5 Å². The van der Waals surface area contributed by atoms with Crippen LogP contribution in [-0.4, -0.2) is 45.3 Å². The lowest BCUT2D eigenvalue weighted by molar-refractivity contribution is -0.137. The summed E-state index contributed by atoms with van der Waals surface area (Å²) in [6.07, 6.45) is 1.55. The fourth-order valence-corrected chi connectivity index (χ4v) is 6.97. The minimum absolute atomic E-state index is 0.157.